The molecule has 3 aromatic rings. The van der Waals surface area contributed by atoms with Crippen molar-refractivity contribution in [2.75, 3.05) is 13.1 Å². The number of rotatable bonds is 5. The fourth-order valence-electron chi connectivity index (χ4n) is 3.26. The van der Waals surface area contributed by atoms with Gasteiger partial charge < -0.3 is 9.64 Å². The number of hydrogen-bond acceptors (Lipinski definition) is 7. The highest BCUT2D eigenvalue weighted by molar-refractivity contribution is 6.31. The Kier molecular flexibility index (Phi) is 5.57. The summed E-state index contributed by atoms with van der Waals surface area (Å²) < 4.78 is 7.47. The standard InChI is InChI=1S/C19H17ClN6O4/c20-13-2-3-16(26(28)29)15(12-13)19(27)24-10-6-14(7-11-24)30-18-5-4-17(22-23-18)25-9-1-8-21-25/h1-5,8-9,12,14H,6-7,10-11H2. The zero-order chi connectivity index (χ0) is 21.1. The first-order valence-electron chi connectivity index (χ1n) is 9.25. The highest BCUT2D eigenvalue weighted by Crippen LogP contribution is 2.26. The molecule has 10 nitrogen and oxygen atoms in total. The van der Waals surface area contributed by atoms with Crippen molar-refractivity contribution < 1.29 is 14.5 Å². The number of nitrogens with zero attached hydrogens (tertiary/aromatic N) is 6. The van der Waals surface area contributed by atoms with E-state index < -0.39 is 10.8 Å². The van der Waals surface area contributed by atoms with E-state index >= 15 is 0 Å². The van der Waals surface area contributed by atoms with Gasteiger partial charge in [-0.3, -0.25) is 14.9 Å². The van der Waals surface area contributed by atoms with Crippen LogP contribution in [0, 0.1) is 10.1 Å². The number of likely N-dealkylation sites (tertiary alicyclic amines) is 1. The van der Waals surface area contributed by atoms with Gasteiger partial charge in [0.1, 0.15) is 11.7 Å². The minimum atomic E-state index is -0.578. The van der Waals surface area contributed by atoms with Gasteiger partial charge in [-0.1, -0.05) is 11.6 Å². The van der Waals surface area contributed by atoms with Gasteiger partial charge in [-0.05, 0) is 24.3 Å². The molecule has 1 fully saturated rings. The van der Waals surface area contributed by atoms with Crippen molar-refractivity contribution >= 4 is 23.2 Å². The lowest BCUT2D eigenvalue weighted by Crippen LogP contribution is -2.42. The Balaban J connectivity index is 1.37. The fourth-order valence-corrected chi connectivity index (χ4v) is 3.43. The smallest absolute Gasteiger partial charge is 0.282 e. The van der Waals surface area contributed by atoms with Crippen LogP contribution in [0.3, 0.4) is 0 Å². The van der Waals surface area contributed by atoms with Gasteiger partial charge in [0.05, 0.1) is 4.92 Å². The van der Waals surface area contributed by atoms with Gasteiger partial charge in [0.25, 0.3) is 11.6 Å². The van der Waals surface area contributed by atoms with Crippen molar-refractivity contribution in [2.24, 2.45) is 0 Å². The summed E-state index contributed by atoms with van der Waals surface area (Å²) in [7, 11) is 0. The van der Waals surface area contributed by atoms with Gasteiger partial charge in [-0.2, -0.15) is 5.10 Å². The van der Waals surface area contributed by atoms with Crippen molar-refractivity contribution in [1.82, 2.24) is 24.9 Å². The Hall–Kier alpha value is -3.53. The van der Waals surface area contributed by atoms with Gasteiger partial charge in [0.2, 0.25) is 5.88 Å². The van der Waals surface area contributed by atoms with Crippen LogP contribution in [0.5, 0.6) is 5.88 Å². The Morgan fingerprint density at radius 3 is 2.63 bits per heavy atom. The van der Waals surface area contributed by atoms with E-state index in [1.54, 1.807) is 40.2 Å². The van der Waals surface area contributed by atoms with Crippen molar-refractivity contribution in [3.05, 3.63) is 69.5 Å². The molecular formula is C19H17ClN6O4. The molecule has 1 aromatic carbocycles. The number of hydrogen-bond donors (Lipinski definition) is 0. The molecule has 1 amide bonds. The number of carbonyl (C=O) groups is 1. The normalized spacial score (nSPS) is 14.5. The molecule has 0 saturated carbocycles. The number of carbonyl (C=O) groups excluding carboxylic acids is 1. The minimum absolute atomic E-state index is 0.00746. The van der Waals surface area contributed by atoms with Crippen LogP contribution in [0.4, 0.5) is 5.69 Å². The molecule has 3 heterocycles. The first kappa shape index (κ1) is 19.8. The predicted molar refractivity (Wildman–Crippen MR) is 107 cm³/mol. The maximum atomic E-state index is 12.8. The molecule has 154 valence electrons. The summed E-state index contributed by atoms with van der Waals surface area (Å²) in [6.07, 6.45) is 4.43. The molecule has 2 aromatic heterocycles. The highest BCUT2D eigenvalue weighted by Gasteiger charge is 2.29. The lowest BCUT2D eigenvalue weighted by Gasteiger charge is -2.31. The summed E-state index contributed by atoms with van der Waals surface area (Å²) in [6.45, 7) is 0.817. The van der Waals surface area contributed by atoms with Crippen LogP contribution in [0.1, 0.15) is 23.2 Å². The van der Waals surface area contributed by atoms with E-state index in [2.05, 4.69) is 15.3 Å². The molecule has 0 N–H and O–H groups in total. The predicted octanol–water partition coefficient (Wildman–Crippen LogP) is 2.91. The number of ether oxygens (including phenoxy) is 1. The lowest BCUT2D eigenvalue weighted by atomic mass is 10.1. The molecular weight excluding hydrogens is 412 g/mol. The van der Waals surface area contributed by atoms with E-state index in [-0.39, 0.29) is 22.4 Å². The number of amides is 1. The zero-order valence-electron chi connectivity index (χ0n) is 15.7. The fraction of sp³-hybridized carbons (Fsp3) is 0.263. The second kappa shape index (κ2) is 8.46. The van der Waals surface area contributed by atoms with Crippen LogP contribution in [0.2, 0.25) is 5.02 Å². The Morgan fingerprint density at radius 2 is 2.00 bits per heavy atom. The van der Waals surface area contributed by atoms with E-state index in [4.69, 9.17) is 16.3 Å². The maximum Gasteiger partial charge on any atom is 0.282 e. The third-order valence-corrected chi connectivity index (χ3v) is 5.00. The van der Waals surface area contributed by atoms with Crippen LogP contribution < -0.4 is 4.74 Å². The molecule has 1 aliphatic heterocycles. The summed E-state index contributed by atoms with van der Waals surface area (Å²) >= 11 is 5.93. The molecule has 0 unspecified atom stereocenters. The largest absolute Gasteiger partial charge is 0.473 e. The second-order valence-corrected chi connectivity index (χ2v) is 7.14. The molecule has 4 rings (SSSR count). The molecule has 0 radical (unpaired) electrons. The molecule has 30 heavy (non-hydrogen) atoms. The van der Waals surface area contributed by atoms with E-state index in [0.717, 1.165) is 0 Å². The van der Waals surface area contributed by atoms with Crippen LogP contribution in [0.15, 0.2) is 48.8 Å². The van der Waals surface area contributed by atoms with E-state index in [9.17, 15) is 14.9 Å². The van der Waals surface area contributed by atoms with Crippen LogP contribution in [0.25, 0.3) is 5.82 Å². The average Bonchev–Trinajstić information content (AvgIpc) is 3.29. The van der Waals surface area contributed by atoms with E-state index in [1.165, 1.54) is 18.2 Å². The molecule has 0 atom stereocenters. The second-order valence-electron chi connectivity index (χ2n) is 6.71. The Morgan fingerprint density at radius 1 is 1.20 bits per heavy atom. The summed E-state index contributed by atoms with van der Waals surface area (Å²) in [4.78, 5) is 25.0. The first-order valence-corrected chi connectivity index (χ1v) is 9.62. The SMILES string of the molecule is O=C(c1cc(Cl)ccc1[N+](=O)[O-])N1CCC(Oc2ccc(-n3cccn3)nn2)CC1. The first-order chi connectivity index (χ1) is 14.5. The number of halogens is 1. The summed E-state index contributed by atoms with van der Waals surface area (Å²) in [6, 6.07) is 9.25. The maximum absolute atomic E-state index is 12.8. The van der Waals surface area contributed by atoms with Gasteiger partial charge in [0.15, 0.2) is 5.82 Å². The van der Waals surface area contributed by atoms with E-state index in [0.29, 0.717) is 37.6 Å². The summed E-state index contributed by atoms with van der Waals surface area (Å²) in [5.41, 5.74) is -0.262. The summed E-state index contributed by atoms with van der Waals surface area (Å²) in [5, 5.41) is 23.8. The highest BCUT2D eigenvalue weighted by atomic mass is 35.5. The van der Waals surface area contributed by atoms with Gasteiger partial charge in [-0.15, -0.1) is 10.2 Å². The Bertz CT molecular complexity index is 1050. The topological polar surface area (TPSA) is 116 Å². The van der Waals surface area contributed by atoms with Gasteiger partial charge in [-0.25, -0.2) is 4.68 Å². The minimum Gasteiger partial charge on any atom is -0.473 e. The van der Waals surface area contributed by atoms with Crippen LogP contribution in [-0.4, -0.2) is 54.9 Å². The summed E-state index contributed by atoms with van der Waals surface area (Å²) in [5.74, 6) is 0.558. The van der Waals surface area contributed by atoms with Crippen molar-refractivity contribution in [3.63, 3.8) is 0 Å². The lowest BCUT2D eigenvalue weighted by molar-refractivity contribution is -0.385. The van der Waals surface area contributed by atoms with Gasteiger partial charge >= 0.3 is 0 Å². The molecule has 0 bridgehead atoms. The molecule has 11 heteroatoms. The number of aromatic nitrogens is 4. The van der Waals surface area contributed by atoms with Crippen LogP contribution in [-0.2, 0) is 0 Å². The van der Waals surface area contributed by atoms with Crippen LogP contribution >= 0.6 is 11.6 Å². The molecule has 1 aliphatic rings. The molecule has 0 aliphatic carbocycles. The number of piperidine rings is 1. The zero-order valence-corrected chi connectivity index (χ0v) is 16.5. The number of nitro benzene ring substituents is 1. The number of benzene rings is 1. The van der Waals surface area contributed by atoms with E-state index in [1.807, 2.05) is 0 Å². The Labute approximate surface area is 176 Å². The number of nitro groups is 1. The van der Waals surface area contributed by atoms with Gasteiger partial charge in [0, 0.05) is 55.5 Å². The van der Waals surface area contributed by atoms with Crippen molar-refractivity contribution in [1.29, 1.82) is 0 Å². The quantitative estimate of drug-likeness (QED) is 0.453. The molecule has 1 saturated heterocycles. The monoisotopic (exact) mass is 428 g/mol. The molecule has 0 spiro atoms. The third kappa shape index (κ3) is 4.23. The van der Waals surface area contributed by atoms with Crippen molar-refractivity contribution in [2.45, 2.75) is 18.9 Å². The average molecular weight is 429 g/mol. The third-order valence-electron chi connectivity index (χ3n) is 4.77. The van der Waals surface area contributed by atoms with Crippen molar-refractivity contribution in [3.8, 4) is 11.7 Å².